The van der Waals surface area contributed by atoms with Crippen LogP contribution in [0.25, 0.3) is 0 Å². The molecule has 0 saturated carbocycles. The van der Waals surface area contributed by atoms with Crippen molar-refractivity contribution in [2.75, 3.05) is 33.8 Å². The number of likely N-dealkylation sites (tertiary alicyclic amines) is 1. The molecule has 2 saturated heterocycles. The number of methoxy groups -OCH3 is 1. The van der Waals surface area contributed by atoms with Crippen LogP contribution in [0.5, 0.6) is 11.5 Å². The molecule has 2 N–H and O–H groups in total. The van der Waals surface area contributed by atoms with E-state index >= 15 is 0 Å². The van der Waals surface area contributed by atoms with E-state index in [1.807, 2.05) is 38.7 Å². The Hall–Kier alpha value is -3.26. The highest BCUT2D eigenvalue weighted by Gasteiger charge is 2.54. The summed E-state index contributed by atoms with van der Waals surface area (Å²) in [7, 11) is 3.76. The number of carbonyl (C=O) groups excluding carboxylic acids is 2. The molecule has 1 aromatic carbocycles. The number of rotatable bonds is 5. The number of benzene rings is 1. The van der Waals surface area contributed by atoms with Crippen LogP contribution in [0.2, 0.25) is 0 Å². The lowest BCUT2D eigenvalue weighted by Gasteiger charge is -2.43. The van der Waals surface area contributed by atoms with Crippen LogP contribution in [0.1, 0.15) is 58.6 Å². The van der Waals surface area contributed by atoms with Crippen molar-refractivity contribution in [3.05, 3.63) is 58.0 Å². The smallest absolute Gasteiger partial charge is 0.325 e. The summed E-state index contributed by atoms with van der Waals surface area (Å²) in [6.45, 7) is 13.2. The normalized spacial score (nSPS) is 18.0. The van der Waals surface area contributed by atoms with Gasteiger partial charge < -0.3 is 25.0 Å². The third kappa shape index (κ3) is 5.85. The highest BCUT2D eigenvalue weighted by molar-refractivity contribution is 5.83. The Morgan fingerprint density at radius 1 is 1.19 bits per heavy atom. The number of hydrogen-bond donors (Lipinski definition) is 2. The SMILES string of the molecule is CC(C)=CC(NC=O)=C(C)C.CCN1C(=O)N2Cc3cc(O)cc(OC)c3CC=C2C12CCN(C)CC2. The van der Waals surface area contributed by atoms with E-state index in [2.05, 4.69) is 35.2 Å². The molecule has 3 aliphatic rings. The highest BCUT2D eigenvalue weighted by atomic mass is 16.5. The first kappa shape index (κ1) is 28.3. The quantitative estimate of drug-likeness (QED) is 0.448. The maximum absolute atomic E-state index is 13.2. The van der Waals surface area contributed by atoms with Gasteiger partial charge in [-0.15, -0.1) is 0 Å². The molecule has 0 radical (unpaired) electrons. The maximum atomic E-state index is 13.2. The van der Waals surface area contributed by atoms with Crippen LogP contribution in [-0.4, -0.2) is 71.6 Å². The molecular weight excluding hydrogens is 468 g/mol. The number of carbonyl (C=O) groups is 2. The number of aromatic hydroxyl groups is 1. The summed E-state index contributed by atoms with van der Waals surface area (Å²) in [5, 5.41) is 12.7. The Labute approximate surface area is 221 Å². The van der Waals surface area contributed by atoms with Gasteiger partial charge in [-0.1, -0.05) is 17.2 Å². The van der Waals surface area contributed by atoms with Crippen LogP contribution >= 0.6 is 0 Å². The molecule has 4 rings (SSSR count). The lowest BCUT2D eigenvalue weighted by Crippen LogP contribution is -2.52. The molecule has 0 atom stereocenters. The predicted octanol–water partition coefficient (Wildman–Crippen LogP) is 4.56. The van der Waals surface area contributed by atoms with Gasteiger partial charge in [-0.2, -0.15) is 0 Å². The fourth-order valence-electron chi connectivity index (χ4n) is 5.52. The molecule has 1 spiro atoms. The van der Waals surface area contributed by atoms with E-state index in [0.717, 1.165) is 54.0 Å². The summed E-state index contributed by atoms with van der Waals surface area (Å²) in [4.78, 5) is 29.7. The molecule has 2 fully saturated rings. The van der Waals surface area contributed by atoms with Gasteiger partial charge in [-0.05, 0) is 78.6 Å². The Bertz CT molecular complexity index is 1110. The second-order valence-electron chi connectivity index (χ2n) is 10.4. The lowest BCUT2D eigenvalue weighted by atomic mass is 9.83. The van der Waals surface area contributed by atoms with Crippen molar-refractivity contribution < 1.29 is 19.4 Å². The van der Waals surface area contributed by atoms with Crippen molar-refractivity contribution in [3.63, 3.8) is 0 Å². The molecule has 8 nitrogen and oxygen atoms in total. The Kier molecular flexibility index (Phi) is 9.07. The predicted molar refractivity (Wildman–Crippen MR) is 146 cm³/mol. The number of phenolic OH excluding ortho intramolecular Hbond substituents is 1. The number of likely N-dealkylation sites (N-methyl/N-ethyl adjacent to an activating group) is 1. The third-order valence-electron chi connectivity index (χ3n) is 7.40. The number of urea groups is 1. The Morgan fingerprint density at radius 2 is 1.86 bits per heavy atom. The molecule has 3 amide bonds. The van der Waals surface area contributed by atoms with E-state index in [9.17, 15) is 14.7 Å². The van der Waals surface area contributed by atoms with Gasteiger partial charge in [0.2, 0.25) is 6.41 Å². The van der Waals surface area contributed by atoms with Crippen LogP contribution in [0.3, 0.4) is 0 Å². The molecule has 8 heteroatoms. The topological polar surface area (TPSA) is 85.4 Å². The summed E-state index contributed by atoms with van der Waals surface area (Å²) in [6.07, 6.45) is 7.50. The van der Waals surface area contributed by atoms with Gasteiger partial charge in [0.25, 0.3) is 0 Å². The zero-order valence-electron chi connectivity index (χ0n) is 23.4. The van der Waals surface area contributed by atoms with Crippen molar-refractivity contribution in [2.45, 2.75) is 66.0 Å². The summed E-state index contributed by atoms with van der Waals surface area (Å²) in [6, 6.07) is 3.50. The maximum Gasteiger partial charge on any atom is 0.325 e. The minimum atomic E-state index is -0.199. The Balaban J connectivity index is 0.000000295. The number of fused-ring (bicyclic) bond motifs is 3. The average molecular weight is 511 g/mol. The van der Waals surface area contributed by atoms with Gasteiger partial charge in [-0.25, -0.2) is 4.79 Å². The number of piperidine rings is 1. The first-order valence-electron chi connectivity index (χ1n) is 13.0. The minimum absolute atomic E-state index is 0.0819. The van der Waals surface area contributed by atoms with Gasteiger partial charge >= 0.3 is 6.03 Å². The van der Waals surface area contributed by atoms with Crippen molar-refractivity contribution >= 4 is 12.4 Å². The summed E-state index contributed by atoms with van der Waals surface area (Å²) >= 11 is 0. The largest absolute Gasteiger partial charge is 0.508 e. The van der Waals surface area contributed by atoms with E-state index in [1.165, 1.54) is 5.57 Å². The van der Waals surface area contributed by atoms with Crippen molar-refractivity contribution in [1.82, 2.24) is 20.0 Å². The van der Waals surface area contributed by atoms with E-state index in [1.54, 1.807) is 19.2 Å². The third-order valence-corrected chi connectivity index (χ3v) is 7.40. The second kappa shape index (κ2) is 11.9. The molecular formula is C29H42N4O4. The standard InChI is InChI=1S/C20H27N3O3.C9H15NO/c1-4-23-19(25)22-13-14-11-15(24)12-17(26-3)16(14)5-6-18(22)20(23)7-9-21(2)10-8-20;1-7(2)5-9(8(3)4)10-6-11/h6,11-12,24H,4-5,7-10,13H2,1-3H3;5-6H,1-4H3,(H,10,11). The van der Waals surface area contributed by atoms with E-state index in [4.69, 9.17) is 4.74 Å². The van der Waals surface area contributed by atoms with Crippen LogP contribution in [0, 0.1) is 0 Å². The van der Waals surface area contributed by atoms with Crippen LogP contribution in [0.15, 0.2) is 46.8 Å². The van der Waals surface area contributed by atoms with Crippen LogP contribution < -0.4 is 10.1 Å². The molecule has 3 aliphatic heterocycles. The van der Waals surface area contributed by atoms with Crippen molar-refractivity contribution in [2.24, 2.45) is 0 Å². The molecule has 0 unspecified atom stereocenters. The van der Waals surface area contributed by atoms with Crippen LogP contribution in [0.4, 0.5) is 4.79 Å². The number of hydrogen-bond acceptors (Lipinski definition) is 5. The zero-order chi connectivity index (χ0) is 27.3. The first-order chi connectivity index (χ1) is 17.6. The number of ether oxygens (including phenoxy) is 1. The minimum Gasteiger partial charge on any atom is -0.508 e. The average Bonchev–Trinajstić information content (AvgIpc) is 2.96. The Morgan fingerprint density at radius 3 is 2.41 bits per heavy atom. The molecule has 0 bridgehead atoms. The van der Waals surface area contributed by atoms with Gasteiger partial charge in [0.15, 0.2) is 0 Å². The summed E-state index contributed by atoms with van der Waals surface area (Å²) in [5.41, 5.74) is 6.13. The van der Waals surface area contributed by atoms with Crippen molar-refractivity contribution in [1.29, 1.82) is 0 Å². The number of amides is 3. The van der Waals surface area contributed by atoms with E-state index in [0.29, 0.717) is 31.7 Å². The number of phenols is 1. The molecule has 0 aromatic heterocycles. The van der Waals surface area contributed by atoms with Gasteiger partial charge in [0.05, 0.1) is 19.2 Å². The van der Waals surface area contributed by atoms with E-state index in [-0.39, 0.29) is 17.3 Å². The number of allylic oxidation sites excluding steroid dienone is 4. The number of nitrogens with zero attached hydrogens (tertiary/aromatic N) is 3. The molecule has 3 heterocycles. The second-order valence-corrected chi connectivity index (χ2v) is 10.4. The molecule has 37 heavy (non-hydrogen) atoms. The molecule has 0 aliphatic carbocycles. The molecule has 1 aromatic rings. The summed E-state index contributed by atoms with van der Waals surface area (Å²) < 4.78 is 5.48. The first-order valence-corrected chi connectivity index (χ1v) is 13.0. The fourth-order valence-corrected chi connectivity index (χ4v) is 5.52. The van der Waals surface area contributed by atoms with Gasteiger partial charge in [0, 0.05) is 42.7 Å². The van der Waals surface area contributed by atoms with Gasteiger partial charge in [-0.3, -0.25) is 9.69 Å². The monoisotopic (exact) mass is 510 g/mol. The van der Waals surface area contributed by atoms with Crippen LogP contribution in [-0.2, 0) is 17.8 Å². The summed E-state index contributed by atoms with van der Waals surface area (Å²) in [5.74, 6) is 0.868. The zero-order valence-corrected chi connectivity index (χ0v) is 23.4. The fraction of sp³-hybridized carbons (Fsp3) is 0.517. The van der Waals surface area contributed by atoms with Gasteiger partial charge in [0.1, 0.15) is 11.5 Å². The van der Waals surface area contributed by atoms with E-state index < -0.39 is 0 Å². The highest BCUT2D eigenvalue weighted by Crippen LogP contribution is 2.46. The van der Waals surface area contributed by atoms with Crippen molar-refractivity contribution in [3.8, 4) is 11.5 Å². The lowest BCUT2D eigenvalue weighted by molar-refractivity contribution is -0.108. The number of nitrogens with one attached hydrogen (secondary N) is 1. The molecule has 202 valence electrons.